The summed E-state index contributed by atoms with van der Waals surface area (Å²) in [6, 6.07) is 0.191. The minimum absolute atomic E-state index is 0.0409. The normalized spacial score (nSPS) is 28.3. The van der Waals surface area contributed by atoms with Crippen LogP contribution in [0, 0.1) is 28.9 Å². The number of nitro groups is 1. The molecule has 0 bridgehead atoms. The largest absolute Gasteiger partial charge is 0.378 e. The second kappa shape index (κ2) is 4.59. The molecule has 2 atom stereocenters. The molecule has 1 heterocycles. The van der Waals surface area contributed by atoms with E-state index in [4.69, 9.17) is 5.73 Å². The number of hydrogen-bond acceptors (Lipinski definition) is 4. The highest BCUT2D eigenvalue weighted by atomic mass is 16.6. The van der Waals surface area contributed by atoms with Crippen LogP contribution in [0.5, 0.6) is 0 Å². The van der Waals surface area contributed by atoms with Crippen molar-refractivity contribution in [2.45, 2.75) is 46.1 Å². The van der Waals surface area contributed by atoms with Crippen LogP contribution in [0.1, 0.15) is 44.8 Å². The summed E-state index contributed by atoms with van der Waals surface area (Å²) in [5.41, 5.74) is 6.25. The van der Waals surface area contributed by atoms with E-state index in [1.165, 1.54) is 6.42 Å². The number of aromatic nitrogens is 2. The summed E-state index contributed by atoms with van der Waals surface area (Å²) in [6.45, 7) is 6.06. The van der Waals surface area contributed by atoms with Crippen molar-refractivity contribution in [2.24, 2.45) is 11.8 Å². The summed E-state index contributed by atoms with van der Waals surface area (Å²) in [4.78, 5) is 10.5. The number of rotatable bonds is 2. The lowest BCUT2D eigenvalue weighted by atomic mass is 9.80. The van der Waals surface area contributed by atoms with Crippen LogP contribution in [0.2, 0.25) is 0 Å². The SMILES string of the molecule is Cc1nn(C2CC(C)CC(C)C2)c(N)c1[N+](=O)[O-]. The van der Waals surface area contributed by atoms with E-state index < -0.39 is 4.92 Å². The van der Waals surface area contributed by atoms with Crippen molar-refractivity contribution >= 4 is 11.5 Å². The van der Waals surface area contributed by atoms with Crippen LogP contribution in [-0.4, -0.2) is 14.7 Å². The number of hydrogen-bond donors (Lipinski definition) is 1. The molecule has 2 rings (SSSR count). The lowest BCUT2D eigenvalue weighted by Crippen LogP contribution is -2.24. The molecule has 100 valence electrons. The van der Waals surface area contributed by atoms with Crippen molar-refractivity contribution in [1.82, 2.24) is 9.78 Å². The Bertz CT molecular complexity index is 459. The lowest BCUT2D eigenvalue weighted by molar-refractivity contribution is -0.384. The van der Waals surface area contributed by atoms with Gasteiger partial charge in [0, 0.05) is 0 Å². The fourth-order valence-corrected chi connectivity index (χ4v) is 3.16. The van der Waals surface area contributed by atoms with Gasteiger partial charge in [-0.1, -0.05) is 13.8 Å². The molecule has 1 fully saturated rings. The first-order valence-corrected chi connectivity index (χ1v) is 6.39. The predicted molar refractivity (Wildman–Crippen MR) is 69.2 cm³/mol. The molecule has 6 nitrogen and oxygen atoms in total. The molecule has 0 spiro atoms. The van der Waals surface area contributed by atoms with Gasteiger partial charge in [-0.25, -0.2) is 4.68 Å². The summed E-state index contributed by atoms with van der Waals surface area (Å²) >= 11 is 0. The number of nitrogen functional groups attached to an aromatic ring is 1. The van der Waals surface area contributed by atoms with Crippen molar-refractivity contribution in [2.75, 3.05) is 5.73 Å². The van der Waals surface area contributed by atoms with E-state index in [1.807, 2.05) is 0 Å². The number of aryl methyl sites for hydroxylation is 1. The van der Waals surface area contributed by atoms with E-state index in [9.17, 15) is 10.1 Å². The van der Waals surface area contributed by atoms with Crippen molar-refractivity contribution < 1.29 is 4.92 Å². The van der Waals surface area contributed by atoms with Gasteiger partial charge in [-0.2, -0.15) is 5.10 Å². The van der Waals surface area contributed by atoms with Crippen LogP contribution in [0.15, 0.2) is 0 Å². The maximum Gasteiger partial charge on any atom is 0.333 e. The van der Waals surface area contributed by atoms with Crippen LogP contribution >= 0.6 is 0 Å². The summed E-state index contributed by atoms with van der Waals surface area (Å²) in [5.74, 6) is 1.42. The molecular formula is C12H20N4O2. The van der Waals surface area contributed by atoms with Gasteiger partial charge < -0.3 is 5.73 Å². The standard InChI is InChI=1S/C12H20N4O2/c1-7-4-8(2)6-10(5-7)15-12(13)11(16(17)18)9(3)14-15/h7-8,10H,4-6,13H2,1-3H3. The van der Waals surface area contributed by atoms with E-state index in [1.54, 1.807) is 11.6 Å². The monoisotopic (exact) mass is 252 g/mol. The quantitative estimate of drug-likeness (QED) is 0.647. The minimum atomic E-state index is -0.441. The van der Waals surface area contributed by atoms with E-state index in [0.717, 1.165) is 12.8 Å². The van der Waals surface area contributed by atoms with Gasteiger partial charge >= 0.3 is 5.69 Å². The second-order valence-electron chi connectivity index (χ2n) is 5.59. The highest BCUT2D eigenvalue weighted by Crippen LogP contribution is 2.39. The van der Waals surface area contributed by atoms with Gasteiger partial charge in [0.05, 0.1) is 11.0 Å². The van der Waals surface area contributed by atoms with Crippen molar-refractivity contribution in [3.63, 3.8) is 0 Å². The highest BCUT2D eigenvalue weighted by molar-refractivity contribution is 5.56. The van der Waals surface area contributed by atoms with E-state index in [0.29, 0.717) is 17.5 Å². The Morgan fingerprint density at radius 1 is 1.33 bits per heavy atom. The van der Waals surface area contributed by atoms with E-state index in [2.05, 4.69) is 18.9 Å². The van der Waals surface area contributed by atoms with Crippen LogP contribution in [0.3, 0.4) is 0 Å². The van der Waals surface area contributed by atoms with Gasteiger partial charge in [0.1, 0.15) is 5.69 Å². The van der Waals surface area contributed by atoms with Crippen LogP contribution < -0.4 is 5.73 Å². The molecule has 1 aliphatic carbocycles. The molecule has 2 N–H and O–H groups in total. The van der Waals surface area contributed by atoms with Crippen LogP contribution in [0.25, 0.3) is 0 Å². The molecule has 6 heteroatoms. The van der Waals surface area contributed by atoms with Gasteiger partial charge in [-0.15, -0.1) is 0 Å². The third-order valence-corrected chi connectivity index (χ3v) is 3.77. The van der Waals surface area contributed by atoms with Crippen LogP contribution in [0.4, 0.5) is 11.5 Å². The first-order valence-electron chi connectivity index (χ1n) is 6.39. The molecule has 2 unspecified atom stereocenters. The highest BCUT2D eigenvalue weighted by Gasteiger charge is 2.31. The summed E-state index contributed by atoms with van der Waals surface area (Å²) in [7, 11) is 0. The minimum Gasteiger partial charge on any atom is -0.378 e. The lowest BCUT2D eigenvalue weighted by Gasteiger charge is -2.31. The first-order chi connectivity index (χ1) is 8.40. The average molecular weight is 252 g/mol. The number of anilines is 1. The van der Waals surface area contributed by atoms with Crippen molar-refractivity contribution in [1.29, 1.82) is 0 Å². The van der Waals surface area contributed by atoms with Crippen LogP contribution in [-0.2, 0) is 0 Å². The zero-order chi connectivity index (χ0) is 13.4. The third-order valence-electron chi connectivity index (χ3n) is 3.77. The zero-order valence-corrected chi connectivity index (χ0v) is 11.1. The molecule has 0 amide bonds. The molecule has 1 aromatic heterocycles. The van der Waals surface area contributed by atoms with Crippen molar-refractivity contribution in [3.05, 3.63) is 15.8 Å². The molecule has 0 aliphatic heterocycles. The molecule has 1 aromatic rings. The Balaban J connectivity index is 2.34. The first kappa shape index (κ1) is 12.9. The number of nitrogens with zero attached hydrogens (tertiary/aromatic N) is 3. The van der Waals surface area contributed by atoms with E-state index in [-0.39, 0.29) is 17.5 Å². The average Bonchev–Trinajstić information content (AvgIpc) is 2.52. The molecule has 1 aliphatic rings. The van der Waals surface area contributed by atoms with Gasteiger partial charge in [-0.3, -0.25) is 10.1 Å². The van der Waals surface area contributed by atoms with Gasteiger partial charge in [-0.05, 0) is 38.0 Å². The fraction of sp³-hybridized carbons (Fsp3) is 0.750. The summed E-state index contributed by atoms with van der Waals surface area (Å²) < 4.78 is 1.67. The number of nitrogens with two attached hydrogens (primary N) is 1. The summed E-state index contributed by atoms with van der Waals surface area (Å²) in [5, 5.41) is 15.2. The van der Waals surface area contributed by atoms with Gasteiger partial charge in [0.25, 0.3) is 0 Å². The molecular weight excluding hydrogens is 232 g/mol. The Morgan fingerprint density at radius 3 is 2.33 bits per heavy atom. The maximum atomic E-state index is 10.9. The fourth-order valence-electron chi connectivity index (χ4n) is 3.16. The van der Waals surface area contributed by atoms with Gasteiger partial charge in [0.15, 0.2) is 0 Å². The zero-order valence-electron chi connectivity index (χ0n) is 11.1. The maximum absolute atomic E-state index is 10.9. The smallest absolute Gasteiger partial charge is 0.333 e. The Morgan fingerprint density at radius 2 is 1.89 bits per heavy atom. The predicted octanol–water partition coefficient (Wildman–Crippen LogP) is 2.68. The topological polar surface area (TPSA) is 87.0 Å². The molecule has 0 saturated heterocycles. The summed E-state index contributed by atoms with van der Waals surface area (Å²) in [6.07, 6.45) is 3.19. The molecule has 0 aromatic carbocycles. The Kier molecular flexibility index (Phi) is 3.28. The van der Waals surface area contributed by atoms with E-state index >= 15 is 0 Å². The second-order valence-corrected chi connectivity index (χ2v) is 5.59. The Hall–Kier alpha value is -1.59. The molecule has 0 radical (unpaired) electrons. The third kappa shape index (κ3) is 2.19. The van der Waals surface area contributed by atoms with Gasteiger partial charge in [0.2, 0.25) is 5.82 Å². The van der Waals surface area contributed by atoms with Crippen molar-refractivity contribution in [3.8, 4) is 0 Å². The molecule has 1 saturated carbocycles. The Labute approximate surface area is 106 Å². The molecule has 18 heavy (non-hydrogen) atoms.